The van der Waals surface area contributed by atoms with Crippen molar-refractivity contribution in [3.05, 3.63) is 69.0 Å². The third-order valence-corrected chi connectivity index (χ3v) is 6.00. The van der Waals surface area contributed by atoms with Gasteiger partial charge in [-0.1, -0.05) is 30.3 Å². The van der Waals surface area contributed by atoms with Gasteiger partial charge in [0.05, 0.1) is 6.54 Å². The van der Waals surface area contributed by atoms with E-state index in [9.17, 15) is 14.4 Å². The number of nitrogens with one attached hydrogen (secondary N) is 1. The van der Waals surface area contributed by atoms with Gasteiger partial charge in [0.25, 0.3) is 5.56 Å². The van der Waals surface area contributed by atoms with E-state index in [1.54, 1.807) is 0 Å². The van der Waals surface area contributed by atoms with Gasteiger partial charge in [-0.05, 0) is 43.3 Å². The van der Waals surface area contributed by atoms with Crippen molar-refractivity contribution in [2.45, 2.75) is 25.9 Å². The molecule has 2 saturated heterocycles. The average molecular weight is 382 g/mol. The Hall–Kier alpha value is -2.67. The van der Waals surface area contributed by atoms with Crippen LogP contribution in [0.3, 0.4) is 0 Å². The predicted molar refractivity (Wildman–Crippen MR) is 106 cm³/mol. The van der Waals surface area contributed by atoms with Gasteiger partial charge >= 0.3 is 5.69 Å². The van der Waals surface area contributed by atoms with E-state index in [-0.39, 0.29) is 12.5 Å². The number of aromatic nitrogens is 2. The van der Waals surface area contributed by atoms with Crippen LogP contribution in [0.1, 0.15) is 18.4 Å². The van der Waals surface area contributed by atoms with Crippen molar-refractivity contribution in [1.82, 2.24) is 19.4 Å². The number of amides is 1. The lowest BCUT2D eigenvalue weighted by Crippen LogP contribution is -2.44. The van der Waals surface area contributed by atoms with Crippen LogP contribution in [0.4, 0.5) is 0 Å². The Kier molecular flexibility index (Phi) is 5.43. The second-order valence-electron chi connectivity index (χ2n) is 7.77. The number of rotatable bonds is 4. The molecule has 2 fully saturated rings. The van der Waals surface area contributed by atoms with Gasteiger partial charge in [-0.3, -0.25) is 18.7 Å². The maximum absolute atomic E-state index is 12.8. The Morgan fingerprint density at radius 1 is 1.00 bits per heavy atom. The molecule has 2 atom stereocenters. The summed E-state index contributed by atoms with van der Waals surface area (Å²) in [6.07, 6.45) is 3.45. The third-order valence-electron chi connectivity index (χ3n) is 6.00. The minimum absolute atomic E-state index is 0.149. The fourth-order valence-corrected chi connectivity index (χ4v) is 4.31. The molecule has 7 heteroatoms. The molecule has 148 valence electrons. The van der Waals surface area contributed by atoms with Crippen LogP contribution in [0.15, 0.2) is 52.2 Å². The first-order valence-corrected chi connectivity index (χ1v) is 9.94. The van der Waals surface area contributed by atoms with Crippen molar-refractivity contribution in [3.8, 4) is 0 Å². The number of fused-ring (bicyclic) bond motifs is 1. The van der Waals surface area contributed by atoms with Crippen LogP contribution in [0.25, 0.3) is 0 Å². The number of hydrogen-bond acceptors (Lipinski definition) is 4. The van der Waals surface area contributed by atoms with Crippen molar-refractivity contribution >= 4 is 5.91 Å². The lowest BCUT2D eigenvalue weighted by Gasteiger charge is -2.21. The number of nitrogens with zero attached hydrogens (tertiary/aromatic N) is 3. The number of carbonyl (C=O) groups is 1. The van der Waals surface area contributed by atoms with Crippen molar-refractivity contribution in [2.75, 3.05) is 26.2 Å². The van der Waals surface area contributed by atoms with Gasteiger partial charge in [-0.2, -0.15) is 0 Å². The molecule has 2 aliphatic rings. The first-order chi connectivity index (χ1) is 13.6. The molecule has 0 bridgehead atoms. The summed E-state index contributed by atoms with van der Waals surface area (Å²) in [5, 5.41) is 3.42. The SMILES string of the molecule is O=C(Cn1c(=O)ccn(Cc2ccccc2)c1=O)N1CC[C@@H]2CNC[C@@H]2CC1. The van der Waals surface area contributed by atoms with Crippen LogP contribution in [0.2, 0.25) is 0 Å². The summed E-state index contributed by atoms with van der Waals surface area (Å²) >= 11 is 0. The van der Waals surface area contributed by atoms with E-state index >= 15 is 0 Å². The van der Waals surface area contributed by atoms with Gasteiger partial charge in [0.2, 0.25) is 5.91 Å². The second kappa shape index (κ2) is 8.14. The number of carbonyl (C=O) groups excluding carboxylic acids is 1. The molecule has 1 N–H and O–H groups in total. The van der Waals surface area contributed by atoms with E-state index in [1.165, 1.54) is 16.8 Å². The smallest absolute Gasteiger partial charge is 0.331 e. The lowest BCUT2D eigenvalue weighted by molar-refractivity contribution is -0.132. The Morgan fingerprint density at radius 2 is 1.68 bits per heavy atom. The Balaban J connectivity index is 1.49. The van der Waals surface area contributed by atoms with Gasteiger partial charge in [-0.25, -0.2) is 4.79 Å². The van der Waals surface area contributed by atoms with E-state index in [1.807, 2.05) is 35.2 Å². The molecule has 1 aromatic carbocycles. The molecule has 0 saturated carbocycles. The van der Waals surface area contributed by atoms with E-state index < -0.39 is 11.2 Å². The minimum atomic E-state index is -0.444. The van der Waals surface area contributed by atoms with E-state index in [2.05, 4.69) is 5.32 Å². The van der Waals surface area contributed by atoms with Gasteiger partial charge < -0.3 is 10.2 Å². The van der Waals surface area contributed by atoms with Crippen molar-refractivity contribution in [1.29, 1.82) is 0 Å². The topological polar surface area (TPSA) is 76.3 Å². The number of likely N-dealkylation sites (tertiary alicyclic amines) is 1. The van der Waals surface area contributed by atoms with Crippen LogP contribution in [-0.2, 0) is 17.9 Å². The molecular formula is C21H26N4O3. The van der Waals surface area contributed by atoms with Gasteiger partial charge in [-0.15, -0.1) is 0 Å². The lowest BCUT2D eigenvalue weighted by atomic mass is 9.92. The molecule has 1 aromatic heterocycles. The summed E-state index contributed by atoms with van der Waals surface area (Å²) in [6, 6.07) is 10.9. The van der Waals surface area contributed by atoms with E-state index in [0.29, 0.717) is 31.5 Å². The average Bonchev–Trinajstić information content (AvgIpc) is 3.06. The number of hydrogen-bond donors (Lipinski definition) is 1. The monoisotopic (exact) mass is 382 g/mol. The zero-order valence-electron chi connectivity index (χ0n) is 15.9. The zero-order valence-corrected chi connectivity index (χ0v) is 15.9. The Morgan fingerprint density at radius 3 is 2.36 bits per heavy atom. The highest BCUT2D eigenvalue weighted by atomic mass is 16.2. The van der Waals surface area contributed by atoms with Crippen LogP contribution in [0.5, 0.6) is 0 Å². The predicted octanol–water partition coefficient (Wildman–Crippen LogP) is 0.516. The van der Waals surface area contributed by atoms with Crippen molar-refractivity contribution < 1.29 is 4.79 Å². The van der Waals surface area contributed by atoms with Crippen LogP contribution in [-0.4, -0.2) is 46.1 Å². The van der Waals surface area contributed by atoms with Crippen LogP contribution in [0, 0.1) is 11.8 Å². The van der Waals surface area contributed by atoms with Crippen molar-refractivity contribution in [3.63, 3.8) is 0 Å². The standard InChI is InChI=1S/C21H26N4O3/c26-19-8-11-24(14-16-4-2-1-3-5-16)21(28)25(19)15-20(27)23-9-6-17-12-22-13-18(17)7-10-23/h1-5,8,11,17-18,22H,6-7,9-10,12-15H2/t17-,18+. The maximum Gasteiger partial charge on any atom is 0.331 e. The normalized spacial score (nSPS) is 21.9. The molecule has 1 amide bonds. The molecule has 4 rings (SSSR count). The molecule has 3 heterocycles. The molecular weight excluding hydrogens is 356 g/mol. The fraction of sp³-hybridized carbons (Fsp3) is 0.476. The summed E-state index contributed by atoms with van der Waals surface area (Å²) < 4.78 is 2.53. The highest BCUT2D eigenvalue weighted by Gasteiger charge is 2.31. The summed E-state index contributed by atoms with van der Waals surface area (Å²) in [7, 11) is 0. The molecule has 0 unspecified atom stereocenters. The van der Waals surface area contributed by atoms with Crippen LogP contribution < -0.4 is 16.6 Å². The molecule has 2 aromatic rings. The highest BCUT2D eigenvalue weighted by Crippen LogP contribution is 2.27. The molecule has 2 aliphatic heterocycles. The molecule has 0 aliphatic carbocycles. The highest BCUT2D eigenvalue weighted by molar-refractivity contribution is 5.76. The van der Waals surface area contributed by atoms with Gasteiger partial charge in [0, 0.05) is 25.4 Å². The minimum Gasteiger partial charge on any atom is -0.341 e. The zero-order chi connectivity index (χ0) is 19.5. The number of benzene rings is 1. The maximum atomic E-state index is 12.8. The quantitative estimate of drug-likeness (QED) is 0.836. The van der Waals surface area contributed by atoms with Crippen molar-refractivity contribution in [2.24, 2.45) is 11.8 Å². The molecule has 0 spiro atoms. The Bertz CT molecular complexity index is 936. The van der Waals surface area contributed by atoms with E-state index in [4.69, 9.17) is 0 Å². The molecule has 28 heavy (non-hydrogen) atoms. The molecule has 7 nitrogen and oxygen atoms in total. The van der Waals surface area contributed by atoms with E-state index in [0.717, 1.165) is 36.1 Å². The summed E-state index contributed by atoms with van der Waals surface area (Å²) in [4.78, 5) is 39.7. The second-order valence-corrected chi connectivity index (χ2v) is 7.77. The van der Waals surface area contributed by atoms with Gasteiger partial charge in [0.1, 0.15) is 6.54 Å². The summed E-state index contributed by atoms with van der Waals surface area (Å²) in [5.74, 6) is 1.10. The largest absolute Gasteiger partial charge is 0.341 e. The first-order valence-electron chi connectivity index (χ1n) is 9.94. The molecule has 0 radical (unpaired) electrons. The first kappa shape index (κ1) is 18.7. The summed E-state index contributed by atoms with van der Waals surface area (Å²) in [5.41, 5.74) is 0.0907. The summed E-state index contributed by atoms with van der Waals surface area (Å²) in [6.45, 7) is 3.61. The Labute approximate surface area is 163 Å². The third kappa shape index (κ3) is 3.94. The van der Waals surface area contributed by atoms with Crippen LogP contribution >= 0.6 is 0 Å². The van der Waals surface area contributed by atoms with Gasteiger partial charge in [0.15, 0.2) is 0 Å². The fourth-order valence-electron chi connectivity index (χ4n) is 4.31.